The normalized spacial score (nSPS) is 10.7. The van der Waals surface area contributed by atoms with Gasteiger partial charge >= 0.3 is 0 Å². The highest BCUT2D eigenvalue weighted by atomic mass is 32.1. The Bertz CT molecular complexity index is 660. The lowest BCUT2D eigenvalue weighted by Crippen LogP contribution is -2.25. The van der Waals surface area contributed by atoms with Crippen molar-refractivity contribution in [3.8, 4) is 0 Å². The molecule has 3 rings (SSSR count). The zero-order valence-electron chi connectivity index (χ0n) is 10.1. The zero-order valence-corrected chi connectivity index (χ0v) is 10.9. The molecular formula is C13H12N4OS. The van der Waals surface area contributed by atoms with Crippen molar-refractivity contribution in [2.24, 2.45) is 0 Å². The summed E-state index contributed by atoms with van der Waals surface area (Å²) >= 11 is 1.51. The smallest absolute Gasteiger partial charge is 0.271 e. The number of amides is 1. The average molecular weight is 272 g/mol. The number of aromatic nitrogens is 3. The minimum Gasteiger partial charge on any atom is -0.350 e. The van der Waals surface area contributed by atoms with E-state index in [4.69, 9.17) is 0 Å². The molecule has 1 amide bonds. The number of carbonyl (C=O) groups is 1. The van der Waals surface area contributed by atoms with E-state index in [0.29, 0.717) is 12.2 Å². The van der Waals surface area contributed by atoms with Crippen LogP contribution in [0.2, 0.25) is 0 Å². The monoisotopic (exact) mass is 272 g/mol. The first-order chi connectivity index (χ1) is 9.33. The van der Waals surface area contributed by atoms with Crippen LogP contribution in [0.1, 0.15) is 16.1 Å². The summed E-state index contributed by atoms with van der Waals surface area (Å²) in [4.78, 5) is 21.0. The Morgan fingerprint density at radius 1 is 1.37 bits per heavy atom. The van der Waals surface area contributed by atoms with Gasteiger partial charge in [0, 0.05) is 36.7 Å². The summed E-state index contributed by atoms with van der Waals surface area (Å²) in [5, 5.41) is 4.81. The van der Waals surface area contributed by atoms with Gasteiger partial charge in [-0.05, 0) is 24.1 Å². The minimum absolute atomic E-state index is 0.134. The molecule has 0 aliphatic heterocycles. The van der Waals surface area contributed by atoms with Gasteiger partial charge in [-0.3, -0.25) is 14.2 Å². The third-order valence-electron chi connectivity index (χ3n) is 2.77. The summed E-state index contributed by atoms with van der Waals surface area (Å²) < 4.78 is 1.85. The van der Waals surface area contributed by atoms with E-state index in [0.717, 1.165) is 16.9 Å². The van der Waals surface area contributed by atoms with Gasteiger partial charge in [0.2, 0.25) is 0 Å². The number of carbonyl (C=O) groups excluding carboxylic acids is 1. The molecule has 0 fully saturated rings. The lowest BCUT2D eigenvalue weighted by molar-refractivity contribution is 0.0950. The molecule has 0 saturated heterocycles. The van der Waals surface area contributed by atoms with Crippen molar-refractivity contribution in [1.82, 2.24) is 19.7 Å². The molecular weight excluding hydrogens is 260 g/mol. The Balaban J connectivity index is 1.58. The van der Waals surface area contributed by atoms with Crippen LogP contribution in [0.4, 0.5) is 0 Å². The third kappa shape index (κ3) is 2.63. The number of hydrogen-bond acceptors (Lipinski definition) is 4. The van der Waals surface area contributed by atoms with Crippen LogP contribution in [0.25, 0.3) is 4.96 Å². The molecule has 3 heterocycles. The lowest BCUT2D eigenvalue weighted by Gasteiger charge is -2.02. The van der Waals surface area contributed by atoms with Crippen LogP contribution in [-0.4, -0.2) is 26.8 Å². The average Bonchev–Trinajstić information content (AvgIpc) is 3.00. The Labute approximate surface area is 113 Å². The molecule has 6 heteroatoms. The highest BCUT2D eigenvalue weighted by molar-refractivity contribution is 7.15. The molecule has 0 atom stereocenters. The van der Waals surface area contributed by atoms with Gasteiger partial charge in [-0.2, -0.15) is 0 Å². The van der Waals surface area contributed by atoms with Gasteiger partial charge in [-0.15, -0.1) is 11.3 Å². The van der Waals surface area contributed by atoms with Crippen molar-refractivity contribution in [3.63, 3.8) is 0 Å². The van der Waals surface area contributed by atoms with Gasteiger partial charge in [0.25, 0.3) is 5.91 Å². The largest absolute Gasteiger partial charge is 0.350 e. The summed E-state index contributed by atoms with van der Waals surface area (Å²) in [5.41, 5.74) is 1.61. The molecule has 0 unspecified atom stereocenters. The molecule has 0 aromatic carbocycles. The number of fused-ring (bicyclic) bond motifs is 1. The Morgan fingerprint density at radius 3 is 3.00 bits per heavy atom. The second-order valence-electron chi connectivity index (χ2n) is 4.08. The van der Waals surface area contributed by atoms with Gasteiger partial charge < -0.3 is 5.32 Å². The molecule has 0 saturated carbocycles. The number of hydrogen-bond donors (Lipinski definition) is 1. The first-order valence-electron chi connectivity index (χ1n) is 5.92. The Morgan fingerprint density at radius 2 is 2.21 bits per heavy atom. The molecule has 0 radical (unpaired) electrons. The molecule has 19 heavy (non-hydrogen) atoms. The van der Waals surface area contributed by atoms with Crippen molar-refractivity contribution >= 4 is 22.2 Å². The van der Waals surface area contributed by atoms with E-state index >= 15 is 0 Å². The van der Waals surface area contributed by atoms with E-state index in [1.165, 1.54) is 11.3 Å². The van der Waals surface area contributed by atoms with Crippen molar-refractivity contribution in [2.45, 2.75) is 6.42 Å². The molecule has 0 aliphatic carbocycles. The SMILES string of the molecule is O=C(NCCc1ccncc1)c1cn2ccsc2n1. The Hall–Kier alpha value is -2.21. The molecule has 1 N–H and O–H groups in total. The van der Waals surface area contributed by atoms with Gasteiger partial charge in [-0.25, -0.2) is 4.98 Å². The highest BCUT2D eigenvalue weighted by Crippen LogP contribution is 2.11. The number of nitrogens with zero attached hydrogens (tertiary/aromatic N) is 3. The predicted octanol–water partition coefficient (Wildman–Crippen LogP) is 1.76. The van der Waals surface area contributed by atoms with Crippen LogP contribution in [0.5, 0.6) is 0 Å². The zero-order chi connectivity index (χ0) is 13.1. The molecule has 3 aromatic rings. The molecule has 0 aliphatic rings. The maximum Gasteiger partial charge on any atom is 0.271 e. The summed E-state index contributed by atoms with van der Waals surface area (Å²) in [6, 6.07) is 3.89. The molecule has 0 bridgehead atoms. The first-order valence-corrected chi connectivity index (χ1v) is 6.80. The number of nitrogens with one attached hydrogen (secondary N) is 1. The predicted molar refractivity (Wildman–Crippen MR) is 73.3 cm³/mol. The van der Waals surface area contributed by atoms with Crippen LogP contribution in [0, 0.1) is 0 Å². The van der Waals surface area contributed by atoms with Crippen molar-refractivity contribution in [1.29, 1.82) is 0 Å². The van der Waals surface area contributed by atoms with Crippen molar-refractivity contribution in [3.05, 3.63) is 53.6 Å². The van der Waals surface area contributed by atoms with E-state index < -0.39 is 0 Å². The summed E-state index contributed by atoms with van der Waals surface area (Å²) in [5.74, 6) is -0.134. The van der Waals surface area contributed by atoms with Crippen LogP contribution in [0.3, 0.4) is 0 Å². The number of pyridine rings is 1. The maximum absolute atomic E-state index is 11.9. The fraction of sp³-hybridized carbons (Fsp3) is 0.154. The quantitative estimate of drug-likeness (QED) is 0.787. The fourth-order valence-corrected chi connectivity index (χ4v) is 2.50. The third-order valence-corrected chi connectivity index (χ3v) is 3.55. The summed E-state index contributed by atoms with van der Waals surface area (Å²) in [7, 11) is 0. The van der Waals surface area contributed by atoms with Crippen LogP contribution >= 0.6 is 11.3 Å². The second kappa shape index (κ2) is 5.19. The highest BCUT2D eigenvalue weighted by Gasteiger charge is 2.10. The number of rotatable bonds is 4. The van der Waals surface area contributed by atoms with E-state index in [1.54, 1.807) is 18.6 Å². The lowest BCUT2D eigenvalue weighted by atomic mass is 10.2. The Kier molecular flexibility index (Phi) is 3.24. The van der Waals surface area contributed by atoms with Crippen molar-refractivity contribution in [2.75, 3.05) is 6.54 Å². The topological polar surface area (TPSA) is 59.3 Å². The molecule has 5 nitrogen and oxygen atoms in total. The molecule has 0 spiro atoms. The van der Waals surface area contributed by atoms with Gasteiger partial charge in [0.1, 0.15) is 5.69 Å². The van der Waals surface area contributed by atoms with E-state index in [2.05, 4.69) is 15.3 Å². The summed E-state index contributed by atoms with van der Waals surface area (Å²) in [6.45, 7) is 0.591. The first kappa shape index (κ1) is 11.9. The minimum atomic E-state index is -0.134. The van der Waals surface area contributed by atoms with E-state index in [9.17, 15) is 4.79 Å². The second-order valence-corrected chi connectivity index (χ2v) is 4.95. The van der Waals surface area contributed by atoms with E-state index in [1.807, 2.05) is 28.1 Å². The molecule has 96 valence electrons. The van der Waals surface area contributed by atoms with Crippen LogP contribution in [-0.2, 0) is 6.42 Å². The molecule has 3 aromatic heterocycles. The van der Waals surface area contributed by atoms with Gasteiger partial charge in [-0.1, -0.05) is 0 Å². The fourth-order valence-electron chi connectivity index (χ4n) is 1.80. The maximum atomic E-state index is 11.9. The van der Waals surface area contributed by atoms with Crippen molar-refractivity contribution < 1.29 is 4.79 Å². The standard InChI is InChI=1S/C13H12N4OS/c18-12(11-9-17-7-8-19-13(17)16-11)15-6-3-10-1-4-14-5-2-10/h1-2,4-5,7-9H,3,6H2,(H,15,18). The van der Waals surface area contributed by atoms with Crippen LogP contribution in [0.15, 0.2) is 42.3 Å². The summed E-state index contributed by atoms with van der Waals surface area (Å²) in [6.07, 6.45) is 7.92. The van der Waals surface area contributed by atoms with Gasteiger partial charge in [0.15, 0.2) is 4.96 Å². The number of thiazole rings is 1. The van der Waals surface area contributed by atoms with Gasteiger partial charge in [0.05, 0.1) is 0 Å². The number of imidazole rings is 1. The van der Waals surface area contributed by atoms with E-state index in [-0.39, 0.29) is 5.91 Å². The van der Waals surface area contributed by atoms with Crippen LogP contribution < -0.4 is 5.32 Å².